The highest BCUT2D eigenvalue weighted by atomic mass is 32.2. The third kappa shape index (κ3) is 8.61. The van der Waals surface area contributed by atoms with Crippen molar-refractivity contribution < 1.29 is 19.2 Å². The summed E-state index contributed by atoms with van der Waals surface area (Å²) in [6, 6.07) is 0. The first kappa shape index (κ1) is 25.9. The van der Waals surface area contributed by atoms with Crippen molar-refractivity contribution in [1.29, 1.82) is 0 Å². The zero-order chi connectivity index (χ0) is 22.4. The predicted molar refractivity (Wildman–Crippen MR) is 119 cm³/mol. The molecule has 0 spiro atoms. The predicted octanol–water partition coefficient (Wildman–Crippen LogP) is 4.31. The van der Waals surface area contributed by atoms with E-state index in [1.807, 2.05) is 27.7 Å². The fourth-order valence-corrected chi connectivity index (χ4v) is 5.87. The van der Waals surface area contributed by atoms with E-state index < -0.39 is 10.7 Å². The molecule has 0 aromatic heterocycles. The number of rotatable bonds is 11. The summed E-state index contributed by atoms with van der Waals surface area (Å²) in [4.78, 5) is 49.4. The van der Waals surface area contributed by atoms with E-state index in [0.29, 0.717) is 18.9 Å². The smallest absolute Gasteiger partial charge is 0.223 e. The lowest BCUT2D eigenvalue weighted by Crippen LogP contribution is -2.37. The minimum Gasteiger partial charge on any atom is -0.345 e. The van der Waals surface area contributed by atoms with Gasteiger partial charge in [-0.2, -0.15) is 0 Å². The molecule has 29 heavy (non-hydrogen) atoms. The molecule has 0 radical (unpaired) electrons. The molecule has 0 aromatic rings. The highest BCUT2D eigenvalue weighted by Gasteiger charge is 2.35. The number of nitrogens with zero attached hydrogens (tertiary/aromatic N) is 1. The molecule has 1 amide bonds. The standard InChI is InChI=1S/C23H39NO4S/c1-16(26)19-10-8-18(9-11-19)13-24(7)21(28)12-20(14-25)29-23(5,6)15-22(3,4)17(2)27/h14,18-20H,8-13,15H2,1-7H3. The Morgan fingerprint density at radius 1 is 1.07 bits per heavy atom. The van der Waals surface area contributed by atoms with Crippen molar-refractivity contribution in [3.63, 3.8) is 0 Å². The first-order chi connectivity index (χ1) is 13.3. The van der Waals surface area contributed by atoms with Gasteiger partial charge >= 0.3 is 0 Å². The number of carbonyl (C=O) groups excluding carboxylic acids is 4. The maximum atomic E-state index is 12.7. The molecule has 1 aliphatic carbocycles. The fraction of sp³-hybridized carbons (Fsp3) is 0.826. The Kier molecular flexibility index (Phi) is 9.58. The molecule has 6 heteroatoms. The molecule has 1 unspecified atom stereocenters. The minimum atomic E-state index is -0.455. The summed E-state index contributed by atoms with van der Waals surface area (Å²) in [6.07, 6.45) is 5.45. The molecule has 0 aromatic carbocycles. The minimum absolute atomic E-state index is 0.0232. The van der Waals surface area contributed by atoms with Crippen molar-refractivity contribution in [2.75, 3.05) is 13.6 Å². The summed E-state index contributed by atoms with van der Waals surface area (Å²) in [5, 5.41) is -0.420. The van der Waals surface area contributed by atoms with E-state index in [0.717, 1.165) is 32.0 Å². The Hall–Kier alpha value is -1.17. The molecule has 1 fully saturated rings. The van der Waals surface area contributed by atoms with E-state index in [4.69, 9.17) is 0 Å². The van der Waals surface area contributed by atoms with Crippen LogP contribution in [-0.2, 0) is 19.2 Å². The number of carbonyl (C=O) groups is 4. The molecule has 0 N–H and O–H groups in total. The van der Waals surface area contributed by atoms with Gasteiger partial charge in [-0.1, -0.05) is 27.7 Å². The third-order valence-electron chi connectivity index (χ3n) is 6.20. The molecule has 1 atom stereocenters. The van der Waals surface area contributed by atoms with Gasteiger partial charge in [0.05, 0.1) is 5.25 Å². The second-order valence-electron chi connectivity index (χ2n) is 9.98. The maximum Gasteiger partial charge on any atom is 0.223 e. The topological polar surface area (TPSA) is 71.5 Å². The Balaban J connectivity index is 2.56. The van der Waals surface area contributed by atoms with Gasteiger partial charge in [0.15, 0.2) is 0 Å². The average Bonchev–Trinajstić information content (AvgIpc) is 2.60. The van der Waals surface area contributed by atoms with Crippen molar-refractivity contribution in [3.05, 3.63) is 0 Å². The normalized spacial score (nSPS) is 21.3. The Bertz CT molecular complexity index is 606. The van der Waals surface area contributed by atoms with Crippen molar-refractivity contribution in [1.82, 2.24) is 4.90 Å². The third-order valence-corrected chi connectivity index (χ3v) is 7.56. The van der Waals surface area contributed by atoms with Gasteiger partial charge in [0, 0.05) is 36.1 Å². The van der Waals surface area contributed by atoms with Crippen LogP contribution in [0.25, 0.3) is 0 Å². The van der Waals surface area contributed by atoms with Gasteiger partial charge in [0.2, 0.25) is 5.91 Å². The van der Waals surface area contributed by atoms with Crippen LogP contribution in [0, 0.1) is 17.3 Å². The molecule has 1 saturated carbocycles. The van der Waals surface area contributed by atoms with Crippen LogP contribution >= 0.6 is 11.8 Å². The molecule has 5 nitrogen and oxygen atoms in total. The highest BCUT2D eigenvalue weighted by Crippen LogP contribution is 2.40. The van der Waals surface area contributed by atoms with Crippen LogP contribution in [0.1, 0.15) is 80.1 Å². The van der Waals surface area contributed by atoms with Crippen LogP contribution in [0.4, 0.5) is 0 Å². The lowest BCUT2D eigenvalue weighted by Gasteiger charge is -2.35. The van der Waals surface area contributed by atoms with E-state index in [-0.39, 0.29) is 34.6 Å². The molecular formula is C23H39NO4S. The number of Topliss-reactive ketones (excluding diaryl/α,β-unsaturated/α-hetero) is 2. The van der Waals surface area contributed by atoms with Crippen molar-refractivity contribution >= 4 is 35.5 Å². The number of amides is 1. The van der Waals surface area contributed by atoms with E-state index in [1.165, 1.54) is 11.8 Å². The zero-order valence-corrected chi connectivity index (χ0v) is 20.1. The largest absolute Gasteiger partial charge is 0.345 e. The van der Waals surface area contributed by atoms with E-state index in [9.17, 15) is 19.2 Å². The second kappa shape index (κ2) is 10.7. The molecule has 0 aliphatic heterocycles. The Morgan fingerprint density at radius 3 is 2.07 bits per heavy atom. The monoisotopic (exact) mass is 425 g/mol. The molecule has 0 saturated heterocycles. The summed E-state index contributed by atoms with van der Waals surface area (Å²) in [6.45, 7) is 11.8. The SMILES string of the molecule is CC(=O)C1CCC(CN(C)C(=O)CC(C=O)SC(C)(C)CC(C)(C)C(C)=O)CC1. The van der Waals surface area contributed by atoms with Crippen LogP contribution in [0.3, 0.4) is 0 Å². The number of ketones is 2. The van der Waals surface area contributed by atoms with Gasteiger partial charge in [0.25, 0.3) is 0 Å². The van der Waals surface area contributed by atoms with Gasteiger partial charge in [-0.05, 0) is 51.9 Å². The molecule has 0 heterocycles. The number of thioether (sulfide) groups is 1. The molecule has 1 rings (SSSR count). The van der Waals surface area contributed by atoms with Crippen molar-refractivity contribution in [3.8, 4) is 0 Å². The quantitative estimate of drug-likeness (QED) is 0.461. The van der Waals surface area contributed by atoms with Crippen LogP contribution in [0.2, 0.25) is 0 Å². The average molecular weight is 426 g/mol. The highest BCUT2D eigenvalue weighted by molar-refractivity contribution is 8.01. The first-order valence-corrected chi connectivity index (χ1v) is 11.5. The fourth-order valence-electron chi connectivity index (χ4n) is 4.33. The second-order valence-corrected chi connectivity index (χ2v) is 11.9. The van der Waals surface area contributed by atoms with Crippen molar-refractivity contribution in [2.45, 2.75) is 90.1 Å². The summed E-state index contributed by atoms with van der Waals surface area (Å²) in [5.74, 6) is 0.989. The summed E-state index contributed by atoms with van der Waals surface area (Å²) in [7, 11) is 1.80. The van der Waals surface area contributed by atoms with Crippen LogP contribution in [0.15, 0.2) is 0 Å². The van der Waals surface area contributed by atoms with Crippen molar-refractivity contribution in [2.24, 2.45) is 17.3 Å². The molecular weight excluding hydrogens is 386 g/mol. The molecule has 0 bridgehead atoms. The van der Waals surface area contributed by atoms with Crippen LogP contribution < -0.4 is 0 Å². The zero-order valence-electron chi connectivity index (χ0n) is 19.2. The lowest BCUT2D eigenvalue weighted by molar-refractivity contribution is -0.131. The van der Waals surface area contributed by atoms with Gasteiger partial charge < -0.3 is 9.69 Å². The number of hydrogen-bond donors (Lipinski definition) is 0. The number of hydrogen-bond acceptors (Lipinski definition) is 5. The summed E-state index contributed by atoms with van der Waals surface area (Å²) >= 11 is 1.48. The summed E-state index contributed by atoms with van der Waals surface area (Å²) < 4.78 is -0.287. The first-order valence-electron chi connectivity index (χ1n) is 10.7. The molecule has 1 aliphatic rings. The Labute approximate surface area is 180 Å². The van der Waals surface area contributed by atoms with E-state index in [2.05, 4.69) is 0 Å². The van der Waals surface area contributed by atoms with Crippen LogP contribution in [0.5, 0.6) is 0 Å². The van der Waals surface area contributed by atoms with Crippen LogP contribution in [-0.4, -0.2) is 52.2 Å². The molecule has 166 valence electrons. The van der Waals surface area contributed by atoms with Gasteiger partial charge in [-0.25, -0.2) is 0 Å². The number of aldehydes is 1. The maximum absolute atomic E-state index is 12.7. The van der Waals surface area contributed by atoms with E-state index >= 15 is 0 Å². The van der Waals surface area contributed by atoms with E-state index in [1.54, 1.807) is 25.8 Å². The van der Waals surface area contributed by atoms with Gasteiger partial charge in [-0.3, -0.25) is 14.4 Å². The van der Waals surface area contributed by atoms with Gasteiger partial charge in [-0.15, -0.1) is 11.8 Å². The van der Waals surface area contributed by atoms with Gasteiger partial charge in [0.1, 0.15) is 17.9 Å². The lowest BCUT2D eigenvalue weighted by atomic mass is 9.80. The Morgan fingerprint density at radius 2 is 1.62 bits per heavy atom. The summed E-state index contributed by atoms with van der Waals surface area (Å²) in [5.41, 5.74) is -0.455.